The maximum Gasteiger partial charge on any atom is 0.211 e. The molecule has 110 valence electrons. The Hall–Kier alpha value is -3.22. The van der Waals surface area contributed by atoms with Crippen LogP contribution in [0.2, 0.25) is 0 Å². The van der Waals surface area contributed by atoms with Crippen molar-refractivity contribution in [3.63, 3.8) is 0 Å². The Morgan fingerprint density at radius 1 is 0.600 bits per heavy atom. The van der Waals surface area contributed by atoms with E-state index in [9.17, 15) is 0 Å². The molecule has 0 aliphatic carbocycles. The van der Waals surface area contributed by atoms with Gasteiger partial charge in [0.1, 0.15) is 5.54 Å². The summed E-state index contributed by atoms with van der Waals surface area (Å²) in [5, 5.41) is 20.7. The number of hydrogen-bond donors (Lipinski definition) is 7. The van der Waals surface area contributed by atoms with E-state index in [4.69, 9.17) is 40.1 Å². The molecule has 0 fully saturated rings. The largest absolute Gasteiger partial charge is 0.369 e. The van der Waals surface area contributed by atoms with Crippen LogP contribution in [0, 0.1) is 0 Å². The minimum absolute atomic E-state index is 0.258. The molecule has 0 aromatic rings. The molecule has 0 aromatic heterocycles. The number of nitrogens with zero attached hydrogens (tertiary/aromatic N) is 6. The van der Waals surface area contributed by atoms with Gasteiger partial charge < -0.3 is 40.1 Å². The second-order valence-corrected chi connectivity index (χ2v) is 3.31. The number of nitrogens with two attached hydrogens (primary N) is 7. The zero-order valence-electron chi connectivity index (χ0n) is 10.5. The first-order valence-electron chi connectivity index (χ1n) is 4.93. The summed E-state index contributed by atoms with van der Waals surface area (Å²) in [6.45, 7) is 0. The van der Waals surface area contributed by atoms with Gasteiger partial charge in [-0.2, -0.15) is 15.3 Å². The van der Waals surface area contributed by atoms with Gasteiger partial charge in [-0.15, -0.1) is 15.3 Å². The van der Waals surface area contributed by atoms with E-state index in [1.165, 1.54) is 0 Å². The van der Waals surface area contributed by atoms with Crippen molar-refractivity contribution in [2.75, 3.05) is 0 Å². The molecular formula is C7H17N13. The van der Waals surface area contributed by atoms with Crippen LogP contribution in [-0.2, 0) is 0 Å². The van der Waals surface area contributed by atoms with Gasteiger partial charge in [0, 0.05) is 0 Å². The Balaban J connectivity index is 5.22. The van der Waals surface area contributed by atoms with Crippen molar-refractivity contribution in [2.24, 2.45) is 70.7 Å². The fourth-order valence-corrected chi connectivity index (χ4v) is 0.687. The smallest absolute Gasteiger partial charge is 0.211 e. The molecule has 0 spiro atoms. The van der Waals surface area contributed by atoms with Crippen LogP contribution in [0.3, 0.4) is 0 Å². The summed E-state index contributed by atoms with van der Waals surface area (Å²) in [5.41, 5.74) is 35.0. The van der Waals surface area contributed by atoms with Crippen LogP contribution >= 0.6 is 0 Å². The van der Waals surface area contributed by atoms with Crippen molar-refractivity contribution in [1.29, 1.82) is 0 Å². The topological polar surface area (TPSA) is 256 Å². The van der Waals surface area contributed by atoms with Gasteiger partial charge in [-0.05, 0) is 0 Å². The molecule has 20 heavy (non-hydrogen) atoms. The fourth-order valence-electron chi connectivity index (χ4n) is 0.687. The third-order valence-electron chi connectivity index (χ3n) is 1.36. The molecule has 0 atom stereocenters. The fraction of sp³-hybridized carbons (Fsp3) is 0.143. The highest BCUT2D eigenvalue weighted by atomic mass is 15.3. The van der Waals surface area contributed by atoms with Gasteiger partial charge in [0.25, 0.3) is 0 Å². The maximum absolute atomic E-state index is 5.86. The monoisotopic (exact) mass is 283 g/mol. The summed E-state index contributed by atoms with van der Waals surface area (Å²) >= 11 is 0. The van der Waals surface area contributed by atoms with Gasteiger partial charge in [0.05, 0.1) is 18.6 Å². The number of guanidine groups is 3. The second-order valence-electron chi connectivity index (χ2n) is 3.31. The Bertz CT molecular complexity index is 400. The summed E-state index contributed by atoms with van der Waals surface area (Å²) in [4.78, 5) is 0. The van der Waals surface area contributed by atoms with E-state index in [0.29, 0.717) is 0 Å². The minimum atomic E-state index is -1.42. The van der Waals surface area contributed by atoms with Gasteiger partial charge in [0.2, 0.25) is 17.9 Å². The lowest BCUT2D eigenvalue weighted by Gasteiger charge is -2.11. The lowest BCUT2D eigenvalue weighted by atomic mass is 10.1. The Morgan fingerprint density at radius 3 is 1.05 bits per heavy atom. The van der Waals surface area contributed by atoms with Crippen molar-refractivity contribution >= 4 is 36.5 Å². The third-order valence-corrected chi connectivity index (χ3v) is 1.36. The minimum Gasteiger partial charge on any atom is -0.369 e. The van der Waals surface area contributed by atoms with Gasteiger partial charge in [-0.3, -0.25) is 0 Å². The van der Waals surface area contributed by atoms with E-state index in [-0.39, 0.29) is 17.9 Å². The molecule has 13 heteroatoms. The van der Waals surface area contributed by atoms with Crippen molar-refractivity contribution in [3.05, 3.63) is 0 Å². The van der Waals surface area contributed by atoms with E-state index in [0.717, 1.165) is 18.6 Å². The van der Waals surface area contributed by atoms with Gasteiger partial charge in [0.15, 0.2) is 0 Å². The highest BCUT2D eigenvalue weighted by Crippen LogP contribution is 1.92. The van der Waals surface area contributed by atoms with Gasteiger partial charge >= 0.3 is 0 Å². The van der Waals surface area contributed by atoms with Crippen molar-refractivity contribution < 1.29 is 0 Å². The van der Waals surface area contributed by atoms with Crippen LogP contribution in [0.1, 0.15) is 0 Å². The quantitative estimate of drug-likeness (QED) is 0.142. The summed E-state index contributed by atoms with van der Waals surface area (Å²) in [7, 11) is 0. The standard InChI is InChI=1S/C7H17N13/c8-4(9)18-15-1-7(14,2-16-19-5(10)11)3-17-20-6(12)13/h1-3H,14H2,(H4,8,9,18)(H4,10,11,19)(H4,12,13,20)/b15-1+,16-2+,17-3+. The van der Waals surface area contributed by atoms with E-state index in [1.807, 2.05) is 0 Å². The Kier molecular flexibility index (Phi) is 6.70. The summed E-state index contributed by atoms with van der Waals surface area (Å²) in [6, 6.07) is 0. The molecule has 0 aliphatic rings. The average Bonchev–Trinajstić information content (AvgIpc) is 2.27. The molecule has 0 aliphatic heterocycles. The lowest BCUT2D eigenvalue weighted by Crippen LogP contribution is -2.45. The first kappa shape index (κ1) is 16.8. The van der Waals surface area contributed by atoms with Crippen molar-refractivity contribution in [3.8, 4) is 0 Å². The Labute approximate surface area is 114 Å². The highest BCUT2D eigenvalue weighted by molar-refractivity contribution is 6.12. The molecule has 0 saturated carbocycles. The SMILES string of the molecule is NC(N)=N/N=C/C(N)(/C=N/N=C(N)N)/C=N/N=C(N)N. The molecule has 13 nitrogen and oxygen atoms in total. The predicted molar refractivity (Wildman–Crippen MR) is 79.8 cm³/mol. The lowest BCUT2D eigenvalue weighted by molar-refractivity contribution is 1.000. The molecule has 0 bridgehead atoms. The molecular weight excluding hydrogens is 266 g/mol. The number of rotatable bonds is 6. The molecule has 0 amide bonds. The highest BCUT2D eigenvalue weighted by Gasteiger charge is 2.18. The van der Waals surface area contributed by atoms with E-state index in [2.05, 4.69) is 30.6 Å². The zero-order valence-corrected chi connectivity index (χ0v) is 10.5. The maximum atomic E-state index is 5.86. The summed E-state index contributed by atoms with van der Waals surface area (Å²) < 4.78 is 0. The van der Waals surface area contributed by atoms with Crippen LogP contribution in [0.25, 0.3) is 0 Å². The van der Waals surface area contributed by atoms with Gasteiger partial charge in [-0.1, -0.05) is 0 Å². The first-order chi connectivity index (χ1) is 9.25. The van der Waals surface area contributed by atoms with Crippen LogP contribution in [0.5, 0.6) is 0 Å². The molecule has 0 heterocycles. The van der Waals surface area contributed by atoms with Crippen LogP contribution in [-0.4, -0.2) is 42.1 Å². The van der Waals surface area contributed by atoms with Crippen molar-refractivity contribution in [2.45, 2.75) is 5.54 Å². The average molecular weight is 283 g/mol. The van der Waals surface area contributed by atoms with E-state index >= 15 is 0 Å². The van der Waals surface area contributed by atoms with E-state index in [1.54, 1.807) is 0 Å². The molecule has 0 radical (unpaired) electrons. The zero-order chi connectivity index (χ0) is 15.6. The first-order valence-corrected chi connectivity index (χ1v) is 4.93. The van der Waals surface area contributed by atoms with Crippen LogP contribution < -0.4 is 40.1 Å². The third kappa shape index (κ3) is 8.88. The van der Waals surface area contributed by atoms with Crippen molar-refractivity contribution in [1.82, 2.24) is 0 Å². The molecule has 0 unspecified atom stereocenters. The second kappa shape index (κ2) is 7.98. The molecule has 0 rings (SSSR count). The molecule has 0 aromatic carbocycles. The van der Waals surface area contributed by atoms with Crippen LogP contribution in [0.4, 0.5) is 0 Å². The molecule has 14 N–H and O–H groups in total. The summed E-state index contributed by atoms with van der Waals surface area (Å²) in [6.07, 6.45) is 3.35. The Morgan fingerprint density at radius 2 is 0.850 bits per heavy atom. The van der Waals surface area contributed by atoms with Crippen LogP contribution in [0.15, 0.2) is 30.6 Å². The number of hydrogen-bond acceptors (Lipinski definition) is 7. The normalized spacial score (nSPS) is 11.8. The van der Waals surface area contributed by atoms with E-state index < -0.39 is 5.54 Å². The van der Waals surface area contributed by atoms with Gasteiger partial charge in [-0.25, -0.2) is 0 Å². The predicted octanol–water partition coefficient (Wildman–Crippen LogP) is -4.54. The molecule has 0 saturated heterocycles. The summed E-state index contributed by atoms with van der Waals surface area (Å²) in [5.74, 6) is -0.775.